The standard InChI is InChI=1S/C19H23N3O3/c1-2-25-19(24)14-6-5-10-21(12-14)18(23)16-15-7-3-4-11-22(15)17(20-16)13-8-9-13/h3-4,7,11,13-14H,2,5-6,8-10,12H2,1H3. The van der Waals surface area contributed by atoms with Gasteiger partial charge in [0.25, 0.3) is 5.91 Å². The number of carbonyl (C=O) groups is 2. The molecule has 0 aromatic carbocycles. The zero-order valence-electron chi connectivity index (χ0n) is 14.5. The number of carbonyl (C=O) groups excluding carboxylic acids is 2. The van der Waals surface area contributed by atoms with Crippen LogP contribution in [0.2, 0.25) is 0 Å². The fourth-order valence-electron chi connectivity index (χ4n) is 3.61. The fraction of sp³-hybridized carbons (Fsp3) is 0.526. The van der Waals surface area contributed by atoms with Gasteiger partial charge in [-0.1, -0.05) is 6.07 Å². The summed E-state index contributed by atoms with van der Waals surface area (Å²) in [6, 6.07) is 5.84. The maximum Gasteiger partial charge on any atom is 0.310 e. The van der Waals surface area contributed by atoms with Crippen LogP contribution in [0.15, 0.2) is 24.4 Å². The first-order valence-electron chi connectivity index (χ1n) is 9.12. The summed E-state index contributed by atoms with van der Waals surface area (Å²) in [4.78, 5) is 31.6. The van der Waals surface area contributed by atoms with Crippen molar-refractivity contribution in [2.75, 3.05) is 19.7 Å². The first kappa shape index (κ1) is 16.1. The average Bonchev–Trinajstić information content (AvgIpc) is 3.42. The summed E-state index contributed by atoms with van der Waals surface area (Å²) < 4.78 is 7.17. The molecule has 1 aliphatic carbocycles. The van der Waals surface area contributed by atoms with Crippen molar-refractivity contribution in [3.8, 4) is 0 Å². The number of nitrogens with zero attached hydrogens (tertiary/aromatic N) is 3. The Morgan fingerprint density at radius 1 is 1.28 bits per heavy atom. The van der Waals surface area contributed by atoms with Crippen LogP contribution in [0, 0.1) is 5.92 Å². The number of amides is 1. The van der Waals surface area contributed by atoms with Crippen molar-refractivity contribution < 1.29 is 14.3 Å². The molecule has 3 heterocycles. The van der Waals surface area contributed by atoms with Gasteiger partial charge in [-0.25, -0.2) is 4.98 Å². The van der Waals surface area contributed by atoms with Crippen LogP contribution in [-0.4, -0.2) is 45.9 Å². The van der Waals surface area contributed by atoms with E-state index < -0.39 is 0 Å². The Morgan fingerprint density at radius 2 is 2.12 bits per heavy atom. The van der Waals surface area contributed by atoms with Gasteiger partial charge in [-0.2, -0.15) is 0 Å². The third-order valence-electron chi connectivity index (χ3n) is 5.05. The van der Waals surface area contributed by atoms with Crippen LogP contribution >= 0.6 is 0 Å². The van der Waals surface area contributed by atoms with Crippen LogP contribution < -0.4 is 0 Å². The number of likely N-dealkylation sites (tertiary alicyclic amines) is 1. The number of hydrogen-bond acceptors (Lipinski definition) is 4. The van der Waals surface area contributed by atoms with E-state index in [-0.39, 0.29) is 17.8 Å². The van der Waals surface area contributed by atoms with Gasteiger partial charge < -0.3 is 14.0 Å². The van der Waals surface area contributed by atoms with Gasteiger partial charge in [0, 0.05) is 25.2 Å². The zero-order chi connectivity index (χ0) is 17.4. The van der Waals surface area contributed by atoms with Gasteiger partial charge in [-0.3, -0.25) is 9.59 Å². The number of pyridine rings is 1. The highest BCUT2D eigenvalue weighted by Gasteiger charge is 2.34. The Morgan fingerprint density at radius 3 is 2.88 bits per heavy atom. The molecule has 6 nitrogen and oxygen atoms in total. The smallest absolute Gasteiger partial charge is 0.310 e. The van der Waals surface area contributed by atoms with E-state index in [2.05, 4.69) is 4.98 Å². The van der Waals surface area contributed by atoms with Gasteiger partial charge in [0.15, 0.2) is 5.69 Å². The molecule has 2 aromatic heterocycles. The van der Waals surface area contributed by atoms with Crippen molar-refractivity contribution in [2.45, 2.75) is 38.5 Å². The van der Waals surface area contributed by atoms with Crippen molar-refractivity contribution in [3.63, 3.8) is 0 Å². The number of piperidine rings is 1. The molecule has 25 heavy (non-hydrogen) atoms. The topological polar surface area (TPSA) is 63.9 Å². The molecule has 6 heteroatoms. The fourth-order valence-corrected chi connectivity index (χ4v) is 3.61. The number of hydrogen-bond donors (Lipinski definition) is 0. The quantitative estimate of drug-likeness (QED) is 0.802. The number of fused-ring (bicyclic) bond motifs is 1. The number of aromatic nitrogens is 2. The van der Waals surface area contributed by atoms with E-state index in [0.717, 1.165) is 37.0 Å². The van der Waals surface area contributed by atoms with Crippen LogP contribution in [0.4, 0.5) is 0 Å². The number of rotatable bonds is 4. The molecule has 132 valence electrons. The molecule has 0 N–H and O–H groups in total. The van der Waals surface area contributed by atoms with E-state index in [1.54, 1.807) is 11.8 Å². The monoisotopic (exact) mass is 341 g/mol. The summed E-state index contributed by atoms with van der Waals surface area (Å²) in [6.45, 7) is 3.27. The lowest BCUT2D eigenvalue weighted by Gasteiger charge is -2.31. The molecule has 2 fully saturated rings. The normalized spacial score (nSPS) is 20.7. The molecule has 1 aliphatic heterocycles. The highest BCUT2D eigenvalue weighted by molar-refractivity contribution is 5.99. The van der Waals surface area contributed by atoms with Crippen LogP contribution in [0.3, 0.4) is 0 Å². The van der Waals surface area contributed by atoms with Crippen molar-refractivity contribution in [3.05, 3.63) is 35.9 Å². The van der Waals surface area contributed by atoms with Crippen LogP contribution in [0.25, 0.3) is 5.52 Å². The molecule has 0 bridgehead atoms. The van der Waals surface area contributed by atoms with E-state index >= 15 is 0 Å². The number of esters is 1. The molecule has 4 rings (SSSR count). The molecule has 2 aliphatic rings. The minimum atomic E-state index is -0.227. The summed E-state index contributed by atoms with van der Waals surface area (Å²) in [5.41, 5.74) is 1.36. The van der Waals surface area contributed by atoms with Crippen molar-refractivity contribution in [2.24, 2.45) is 5.92 Å². The van der Waals surface area contributed by atoms with E-state index in [9.17, 15) is 9.59 Å². The number of imidazole rings is 1. The van der Waals surface area contributed by atoms with Gasteiger partial charge in [0.1, 0.15) is 5.82 Å². The number of ether oxygens (including phenoxy) is 1. The Hall–Kier alpha value is -2.37. The highest BCUT2D eigenvalue weighted by atomic mass is 16.5. The highest BCUT2D eigenvalue weighted by Crippen LogP contribution is 2.40. The van der Waals surface area contributed by atoms with E-state index in [1.165, 1.54) is 0 Å². The maximum absolute atomic E-state index is 13.1. The Balaban J connectivity index is 1.60. The van der Waals surface area contributed by atoms with Gasteiger partial charge in [-0.05, 0) is 44.7 Å². The lowest BCUT2D eigenvalue weighted by Crippen LogP contribution is -2.43. The van der Waals surface area contributed by atoms with Crippen molar-refractivity contribution in [1.82, 2.24) is 14.3 Å². The minimum Gasteiger partial charge on any atom is -0.466 e. The lowest BCUT2D eigenvalue weighted by atomic mass is 9.98. The van der Waals surface area contributed by atoms with Crippen molar-refractivity contribution in [1.29, 1.82) is 0 Å². The molecule has 2 aromatic rings. The van der Waals surface area contributed by atoms with Crippen LogP contribution in [0.1, 0.15) is 54.8 Å². The molecule has 0 radical (unpaired) electrons. The zero-order valence-corrected chi connectivity index (χ0v) is 14.5. The molecular formula is C19H23N3O3. The molecule has 1 unspecified atom stereocenters. The molecule has 0 spiro atoms. The molecular weight excluding hydrogens is 318 g/mol. The van der Waals surface area contributed by atoms with E-state index in [0.29, 0.717) is 31.3 Å². The van der Waals surface area contributed by atoms with Gasteiger partial charge in [0.2, 0.25) is 0 Å². The third-order valence-corrected chi connectivity index (χ3v) is 5.05. The first-order valence-corrected chi connectivity index (χ1v) is 9.12. The summed E-state index contributed by atoms with van der Waals surface area (Å²) in [5, 5.41) is 0. The van der Waals surface area contributed by atoms with Gasteiger partial charge in [0.05, 0.1) is 18.0 Å². The van der Waals surface area contributed by atoms with E-state index in [1.807, 2.05) is 28.8 Å². The predicted molar refractivity (Wildman–Crippen MR) is 92.4 cm³/mol. The van der Waals surface area contributed by atoms with Crippen molar-refractivity contribution >= 4 is 17.4 Å². The molecule has 1 saturated heterocycles. The predicted octanol–water partition coefficient (Wildman–Crippen LogP) is 2.63. The van der Waals surface area contributed by atoms with E-state index in [4.69, 9.17) is 4.74 Å². The summed E-state index contributed by atoms with van der Waals surface area (Å²) in [6.07, 6.45) is 5.84. The first-order chi connectivity index (χ1) is 12.2. The second-order valence-corrected chi connectivity index (χ2v) is 6.89. The molecule has 1 saturated carbocycles. The van der Waals surface area contributed by atoms with Crippen LogP contribution in [0.5, 0.6) is 0 Å². The minimum absolute atomic E-state index is 0.0791. The Labute approximate surface area is 146 Å². The summed E-state index contributed by atoms with van der Waals surface area (Å²) >= 11 is 0. The average molecular weight is 341 g/mol. The largest absolute Gasteiger partial charge is 0.466 e. The lowest BCUT2D eigenvalue weighted by molar-refractivity contribution is -0.149. The Kier molecular flexibility index (Phi) is 4.19. The molecule has 1 amide bonds. The molecule has 1 atom stereocenters. The SMILES string of the molecule is CCOC(=O)C1CCCN(C(=O)c2nc(C3CC3)n3ccccc23)C1. The van der Waals surface area contributed by atoms with Crippen LogP contribution in [-0.2, 0) is 9.53 Å². The van der Waals surface area contributed by atoms with Gasteiger partial charge >= 0.3 is 5.97 Å². The summed E-state index contributed by atoms with van der Waals surface area (Å²) in [7, 11) is 0. The van der Waals surface area contributed by atoms with Gasteiger partial charge in [-0.15, -0.1) is 0 Å². The third kappa shape index (κ3) is 3.01. The second-order valence-electron chi connectivity index (χ2n) is 6.89. The Bertz CT molecular complexity index is 809. The maximum atomic E-state index is 13.1. The summed E-state index contributed by atoms with van der Waals surface area (Å²) in [5.74, 6) is 0.940. The second kappa shape index (κ2) is 6.50.